The second-order valence-corrected chi connectivity index (χ2v) is 6.22. The van der Waals surface area contributed by atoms with Crippen LogP contribution in [0.4, 0.5) is 4.39 Å². The predicted molar refractivity (Wildman–Crippen MR) is 99.5 cm³/mol. The zero-order chi connectivity index (χ0) is 17.2. The standard InChI is InChI=1S/C18H26FN3OS/c1-2-8-20-18(24)22(15-16-4-6-17(19)7-5-16)10-3-9-21-11-13-23-14-12-21/h2,4-7H,1,3,8-15H2,(H,20,24). The van der Waals surface area contributed by atoms with E-state index in [1.165, 1.54) is 12.1 Å². The highest BCUT2D eigenvalue weighted by Crippen LogP contribution is 2.08. The maximum Gasteiger partial charge on any atom is 0.169 e. The van der Waals surface area contributed by atoms with Gasteiger partial charge in [-0.15, -0.1) is 6.58 Å². The third-order valence-electron chi connectivity index (χ3n) is 3.98. The molecule has 1 aromatic rings. The molecule has 24 heavy (non-hydrogen) atoms. The summed E-state index contributed by atoms with van der Waals surface area (Å²) < 4.78 is 18.5. The smallest absolute Gasteiger partial charge is 0.169 e. The summed E-state index contributed by atoms with van der Waals surface area (Å²) in [5.41, 5.74) is 1.05. The number of nitrogens with zero attached hydrogens (tertiary/aromatic N) is 2. The summed E-state index contributed by atoms with van der Waals surface area (Å²) in [5.74, 6) is -0.218. The summed E-state index contributed by atoms with van der Waals surface area (Å²) in [6.45, 7) is 10.5. The molecule has 0 atom stereocenters. The van der Waals surface area contributed by atoms with E-state index in [0.717, 1.165) is 51.4 Å². The molecule has 0 bridgehead atoms. The lowest BCUT2D eigenvalue weighted by Crippen LogP contribution is -2.42. The van der Waals surface area contributed by atoms with E-state index in [1.54, 1.807) is 18.2 Å². The summed E-state index contributed by atoms with van der Waals surface area (Å²) in [7, 11) is 0. The lowest BCUT2D eigenvalue weighted by molar-refractivity contribution is 0.0367. The van der Waals surface area contributed by atoms with Crippen LogP contribution >= 0.6 is 12.2 Å². The van der Waals surface area contributed by atoms with Crippen molar-refractivity contribution in [1.82, 2.24) is 15.1 Å². The lowest BCUT2D eigenvalue weighted by atomic mass is 10.2. The number of morpholine rings is 1. The first-order valence-corrected chi connectivity index (χ1v) is 8.78. The number of rotatable bonds is 8. The maximum absolute atomic E-state index is 13.1. The van der Waals surface area contributed by atoms with Crippen LogP contribution in [0.5, 0.6) is 0 Å². The molecule has 0 saturated carbocycles. The molecule has 1 fully saturated rings. The summed E-state index contributed by atoms with van der Waals surface area (Å²) in [6, 6.07) is 6.59. The quantitative estimate of drug-likeness (QED) is 0.574. The summed E-state index contributed by atoms with van der Waals surface area (Å²) in [5, 5.41) is 3.89. The molecule has 1 aromatic carbocycles. The minimum absolute atomic E-state index is 0.218. The molecule has 1 heterocycles. The van der Waals surface area contributed by atoms with Crippen LogP contribution in [0.3, 0.4) is 0 Å². The molecule has 0 unspecified atom stereocenters. The fraction of sp³-hybridized carbons (Fsp3) is 0.500. The Kier molecular flexibility index (Phi) is 8.15. The minimum atomic E-state index is -0.218. The first-order valence-electron chi connectivity index (χ1n) is 8.37. The molecule has 1 saturated heterocycles. The molecule has 1 aliphatic heterocycles. The van der Waals surface area contributed by atoms with Gasteiger partial charge < -0.3 is 15.0 Å². The monoisotopic (exact) mass is 351 g/mol. The Bertz CT molecular complexity index is 518. The molecule has 0 amide bonds. The van der Waals surface area contributed by atoms with Gasteiger partial charge in [-0.25, -0.2) is 4.39 Å². The Morgan fingerprint density at radius 2 is 2.04 bits per heavy atom. The van der Waals surface area contributed by atoms with E-state index >= 15 is 0 Å². The van der Waals surface area contributed by atoms with E-state index in [0.29, 0.717) is 18.2 Å². The maximum atomic E-state index is 13.1. The van der Waals surface area contributed by atoms with Gasteiger partial charge in [-0.05, 0) is 36.3 Å². The van der Waals surface area contributed by atoms with Crippen molar-refractivity contribution in [3.05, 3.63) is 48.3 Å². The van der Waals surface area contributed by atoms with Crippen molar-refractivity contribution in [3.63, 3.8) is 0 Å². The van der Waals surface area contributed by atoms with E-state index in [9.17, 15) is 4.39 Å². The highest BCUT2D eigenvalue weighted by molar-refractivity contribution is 7.80. The van der Waals surface area contributed by atoms with Crippen molar-refractivity contribution < 1.29 is 9.13 Å². The van der Waals surface area contributed by atoms with Gasteiger partial charge in [0.15, 0.2) is 5.11 Å². The Morgan fingerprint density at radius 1 is 1.33 bits per heavy atom. The van der Waals surface area contributed by atoms with E-state index in [2.05, 4.69) is 21.7 Å². The van der Waals surface area contributed by atoms with Gasteiger partial charge in [0, 0.05) is 39.3 Å². The SMILES string of the molecule is C=CCNC(=S)N(CCCN1CCOCC1)Cc1ccc(F)cc1. The van der Waals surface area contributed by atoms with E-state index in [1.807, 2.05) is 0 Å². The van der Waals surface area contributed by atoms with Crippen molar-refractivity contribution in [2.24, 2.45) is 0 Å². The average molecular weight is 351 g/mol. The fourth-order valence-corrected chi connectivity index (χ4v) is 2.88. The molecule has 0 radical (unpaired) electrons. The van der Waals surface area contributed by atoms with E-state index in [4.69, 9.17) is 17.0 Å². The van der Waals surface area contributed by atoms with Gasteiger partial charge in [-0.2, -0.15) is 0 Å². The molecule has 1 N–H and O–H groups in total. The van der Waals surface area contributed by atoms with Crippen LogP contribution in [0.2, 0.25) is 0 Å². The zero-order valence-corrected chi connectivity index (χ0v) is 14.9. The topological polar surface area (TPSA) is 27.7 Å². The third-order valence-corrected chi connectivity index (χ3v) is 4.38. The summed E-state index contributed by atoms with van der Waals surface area (Å²) in [4.78, 5) is 4.55. The van der Waals surface area contributed by atoms with Crippen molar-refractivity contribution in [2.75, 3.05) is 45.9 Å². The van der Waals surface area contributed by atoms with E-state index < -0.39 is 0 Å². The van der Waals surface area contributed by atoms with Gasteiger partial charge in [0.1, 0.15) is 5.82 Å². The van der Waals surface area contributed by atoms with Crippen molar-refractivity contribution in [1.29, 1.82) is 0 Å². The Labute approximate surface area is 149 Å². The Hall–Kier alpha value is -1.50. The molecular weight excluding hydrogens is 325 g/mol. The molecule has 0 aliphatic carbocycles. The van der Waals surface area contributed by atoms with E-state index in [-0.39, 0.29) is 5.82 Å². The van der Waals surface area contributed by atoms with Gasteiger partial charge in [0.05, 0.1) is 13.2 Å². The largest absolute Gasteiger partial charge is 0.379 e. The van der Waals surface area contributed by atoms with Gasteiger partial charge in [-0.3, -0.25) is 4.90 Å². The Balaban J connectivity index is 1.87. The van der Waals surface area contributed by atoms with Gasteiger partial charge >= 0.3 is 0 Å². The first kappa shape index (κ1) is 18.8. The number of hydrogen-bond donors (Lipinski definition) is 1. The molecule has 1 aliphatic rings. The van der Waals surface area contributed by atoms with Gasteiger partial charge in [-0.1, -0.05) is 18.2 Å². The number of thiocarbonyl (C=S) groups is 1. The van der Waals surface area contributed by atoms with Crippen LogP contribution in [0, 0.1) is 5.82 Å². The molecular formula is C18H26FN3OS. The fourth-order valence-electron chi connectivity index (χ4n) is 2.64. The molecule has 4 nitrogen and oxygen atoms in total. The second-order valence-electron chi connectivity index (χ2n) is 5.83. The average Bonchev–Trinajstić information content (AvgIpc) is 2.61. The third kappa shape index (κ3) is 6.55. The lowest BCUT2D eigenvalue weighted by Gasteiger charge is -2.29. The molecule has 0 spiro atoms. The number of hydrogen-bond acceptors (Lipinski definition) is 3. The molecule has 132 valence electrons. The predicted octanol–water partition coefficient (Wildman–Crippen LogP) is 2.41. The van der Waals surface area contributed by atoms with Crippen LogP contribution in [0.15, 0.2) is 36.9 Å². The van der Waals surface area contributed by atoms with Crippen LogP contribution in [0.1, 0.15) is 12.0 Å². The van der Waals surface area contributed by atoms with Crippen LogP contribution in [-0.2, 0) is 11.3 Å². The Morgan fingerprint density at radius 3 is 2.71 bits per heavy atom. The van der Waals surface area contributed by atoms with Crippen molar-refractivity contribution in [2.45, 2.75) is 13.0 Å². The molecule has 2 rings (SSSR count). The highest BCUT2D eigenvalue weighted by atomic mass is 32.1. The van der Waals surface area contributed by atoms with Gasteiger partial charge in [0.2, 0.25) is 0 Å². The normalized spacial score (nSPS) is 15.0. The summed E-state index contributed by atoms with van der Waals surface area (Å²) in [6.07, 6.45) is 2.81. The van der Waals surface area contributed by atoms with Crippen LogP contribution in [0.25, 0.3) is 0 Å². The number of benzene rings is 1. The van der Waals surface area contributed by atoms with Gasteiger partial charge in [0.25, 0.3) is 0 Å². The second kappa shape index (κ2) is 10.4. The summed E-state index contributed by atoms with van der Waals surface area (Å²) >= 11 is 5.50. The molecule has 0 aromatic heterocycles. The van der Waals surface area contributed by atoms with Crippen LogP contribution in [-0.4, -0.2) is 60.8 Å². The minimum Gasteiger partial charge on any atom is -0.379 e. The molecule has 6 heteroatoms. The number of halogens is 1. The van der Waals surface area contributed by atoms with Crippen molar-refractivity contribution >= 4 is 17.3 Å². The van der Waals surface area contributed by atoms with Crippen molar-refractivity contribution in [3.8, 4) is 0 Å². The number of ether oxygens (including phenoxy) is 1. The zero-order valence-electron chi connectivity index (χ0n) is 14.0. The highest BCUT2D eigenvalue weighted by Gasteiger charge is 2.13. The number of nitrogens with one attached hydrogen (secondary N) is 1. The van der Waals surface area contributed by atoms with Crippen LogP contribution < -0.4 is 5.32 Å². The first-order chi connectivity index (χ1) is 11.7.